The van der Waals surface area contributed by atoms with Crippen LogP contribution in [-0.2, 0) is 21.3 Å². The van der Waals surface area contributed by atoms with E-state index in [1.807, 2.05) is 20.8 Å². The van der Waals surface area contributed by atoms with Gasteiger partial charge in [-0.3, -0.25) is 10.2 Å². The van der Waals surface area contributed by atoms with E-state index in [0.717, 1.165) is 16.9 Å². The van der Waals surface area contributed by atoms with Gasteiger partial charge >= 0.3 is 0 Å². The Labute approximate surface area is 136 Å². The molecule has 0 aliphatic carbocycles. The van der Waals surface area contributed by atoms with E-state index in [-0.39, 0.29) is 10.5 Å². The van der Waals surface area contributed by atoms with Crippen molar-refractivity contribution < 1.29 is 18.0 Å². The van der Waals surface area contributed by atoms with E-state index in [0.29, 0.717) is 17.5 Å². The fourth-order valence-corrected chi connectivity index (χ4v) is 4.45. The molecule has 1 aliphatic rings. The van der Waals surface area contributed by atoms with Crippen molar-refractivity contribution in [2.45, 2.75) is 51.5 Å². The Morgan fingerprint density at radius 3 is 2.39 bits per heavy atom. The topological polar surface area (TPSA) is 101 Å². The Hall–Kier alpha value is -1.80. The number of rotatable bonds is 3. The summed E-state index contributed by atoms with van der Waals surface area (Å²) in [5.41, 5.74) is 4.80. The summed E-state index contributed by atoms with van der Waals surface area (Å²) >= 11 is 0. The maximum atomic E-state index is 12.7. The number of sulfonamides is 1. The first-order valence-corrected chi connectivity index (χ1v) is 8.70. The summed E-state index contributed by atoms with van der Waals surface area (Å²) in [6, 6.07) is 0. The average Bonchev–Trinajstić information content (AvgIpc) is 2.72. The van der Waals surface area contributed by atoms with Crippen molar-refractivity contribution in [1.29, 1.82) is 5.41 Å². The van der Waals surface area contributed by atoms with Gasteiger partial charge in [0.15, 0.2) is 0 Å². The van der Waals surface area contributed by atoms with Crippen LogP contribution in [0.3, 0.4) is 0 Å². The molecule has 1 aromatic carbocycles. The first-order chi connectivity index (χ1) is 10.5. The molecule has 0 saturated heterocycles. The first kappa shape index (κ1) is 17.6. The summed E-state index contributed by atoms with van der Waals surface area (Å²) in [6.45, 7) is 9.33. The van der Waals surface area contributed by atoms with Crippen molar-refractivity contribution in [3.63, 3.8) is 0 Å². The Kier molecular flexibility index (Phi) is 4.34. The molecule has 0 bridgehead atoms. The van der Waals surface area contributed by atoms with Crippen molar-refractivity contribution in [2.24, 2.45) is 0 Å². The molecule has 0 amide bonds. The third kappa shape index (κ3) is 3.13. The molecule has 1 heterocycles. The number of ether oxygens (including phenoxy) is 1. The molecule has 2 rings (SSSR count). The van der Waals surface area contributed by atoms with E-state index < -0.39 is 16.0 Å². The molecule has 8 heteroatoms. The predicted octanol–water partition coefficient (Wildman–Crippen LogP) is 1.69. The molecular formula is C15H23N3O4S. The normalized spacial score (nSPS) is 15.7. The minimum absolute atomic E-state index is 0.192. The molecule has 3 N–H and O–H groups in total. The van der Waals surface area contributed by atoms with Crippen LogP contribution in [0.4, 0.5) is 0 Å². The molecule has 0 unspecified atom stereocenters. The Morgan fingerprint density at radius 1 is 1.22 bits per heavy atom. The number of hydrogen-bond acceptors (Lipinski definition) is 5. The monoisotopic (exact) mass is 341 g/mol. The van der Waals surface area contributed by atoms with Crippen LogP contribution in [0.2, 0.25) is 0 Å². The number of fused-ring (bicyclic) bond motifs is 1. The Morgan fingerprint density at radius 2 is 1.83 bits per heavy atom. The van der Waals surface area contributed by atoms with Crippen molar-refractivity contribution in [2.75, 3.05) is 7.11 Å². The highest BCUT2D eigenvalue weighted by atomic mass is 32.2. The van der Waals surface area contributed by atoms with Crippen LogP contribution in [0.5, 0.6) is 5.75 Å². The minimum atomic E-state index is -3.90. The van der Waals surface area contributed by atoms with Gasteiger partial charge in [0, 0.05) is 12.0 Å². The second-order valence-electron chi connectivity index (χ2n) is 6.34. The van der Waals surface area contributed by atoms with Gasteiger partial charge in [0.25, 0.3) is 10.0 Å². The van der Waals surface area contributed by atoms with Crippen LogP contribution in [0.15, 0.2) is 4.90 Å². The summed E-state index contributed by atoms with van der Waals surface area (Å²) in [4.78, 5) is 4.74. The molecule has 0 fully saturated rings. The summed E-state index contributed by atoms with van der Waals surface area (Å²) < 4.78 is 33.5. The maximum Gasteiger partial charge on any atom is 0.264 e. The highest BCUT2D eigenvalue weighted by molar-refractivity contribution is 7.90. The van der Waals surface area contributed by atoms with Gasteiger partial charge in [-0.2, -0.15) is 0 Å². The van der Waals surface area contributed by atoms with E-state index in [9.17, 15) is 8.42 Å². The lowest BCUT2D eigenvalue weighted by molar-refractivity contribution is 0.137. The van der Waals surface area contributed by atoms with Crippen molar-refractivity contribution in [1.82, 2.24) is 10.2 Å². The molecule has 0 aromatic heterocycles. The van der Waals surface area contributed by atoms with Gasteiger partial charge in [0.1, 0.15) is 11.4 Å². The van der Waals surface area contributed by atoms with Crippen LogP contribution in [-0.4, -0.2) is 27.1 Å². The fourth-order valence-electron chi connectivity index (χ4n) is 2.96. The number of guanidine groups is 1. The van der Waals surface area contributed by atoms with Gasteiger partial charge in [-0.25, -0.2) is 18.6 Å². The quantitative estimate of drug-likeness (QED) is 0.441. The molecule has 0 radical (unpaired) electrons. The molecule has 7 nitrogen and oxygen atoms in total. The number of nitrogens with one attached hydrogen (secondary N) is 3. The minimum Gasteiger partial charge on any atom is -0.487 e. The van der Waals surface area contributed by atoms with Crippen LogP contribution in [0, 0.1) is 26.2 Å². The molecule has 23 heavy (non-hydrogen) atoms. The van der Waals surface area contributed by atoms with Crippen LogP contribution in [0.25, 0.3) is 0 Å². The highest BCUT2D eigenvalue weighted by Crippen LogP contribution is 2.43. The smallest absolute Gasteiger partial charge is 0.264 e. The molecule has 1 aliphatic heterocycles. The van der Waals surface area contributed by atoms with E-state index >= 15 is 0 Å². The van der Waals surface area contributed by atoms with Gasteiger partial charge in [0.05, 0.1) is 12.0 Å². The zero-order valence-corrected chi connectivity index (χ0v) is 15.1. The number of benzene rings is 1. The van der Waals surface area contributed by atoms with Crippen LogP contribution < -0.4 is 14.9 Å². The zero-order valence-electron chi connectivity index (χ0n) is 14.2. The lowest BCUT2D eigenvalue weighted by atomic mass is 9.94. The Balaban J connectivity index is 2.58. The van der Waals surface area contributed by atoms with E-state index in [4.69, 9.17) is 10.1 Å². The van der Waals surface area contributed by atoms with Gasteiger partial charge in [-0.1, -0.05) is 0 Å². The fraction of sp³-hybridized carbons (Fsp3) is 0.533. The van der Waals surface area contributed by atoms with Gasteiger partial charge < -0.3 is 4.74 Å². The second-order valence-corrected chi connectivity index (χ2v) is 7.96. The summed E-state index contributed by atoms with van der Waals surface area (Å²) in [5.74, 6) is 0.329. The average molecular weight is 341 g/mol. The van der Waals surface area contributed by atoms with Crippen LogP contribution in [0.1, 0.15) is 36.1 Å². The van der Waals surface area contributed by atoms with Gasteiger partial charge in [0.2, 0.25) is 5.96 Å². The standard InChI is InChI=1S/C15H23N3O4S/c1-8-9(2)13(23(19,20)18-14(16)17-21-6)10(3)11-7-15(4,5)22-12(8)11/h7H2,1-6H3,(H3,16,17,18). The predicted molar refractivity (Wildman–Crippen MR) is 87.3 cm³/mol. The zero-order chi connectivity index (χ0) is 17.6. The number of hydroxylamine groups is 1. The Bertz CT molecular complexity index is 770. The summed E-state index contributed by atoms with van der Waals surface area (Å²) in [7, 11) is -2.59. The largest absolute Gasteiger partial charge is 0.487 e. The van der Waals surface area contributed by atoms with Crippen molar-refractivity contribution in [3.8, 4) is 5.75 Å². The lowest BCUT2D eigenvalue weighted by Crippen LogP contribution is -2.40. The molecular weight excluding hydrogens is 318 g/mol. The van der Waals surface area contributed by atoms with Crippen molar-refractivity contribution >= 4 is 16.0 Å². The maximum absolute atomic E-state index is 12.7. The SMILES string of the molecule is CONC(=N)NS(=O)(=O)c1c(C)c(C)c2c(c1C)CC(C)(C)O2. The van der Waals surface area contributed by atoms with Gasteiger partial charge in [-0.15, -0.1) is 0 Å². The van der Waals surface area contributed by atoms with Crippen LogP contribution >= 0.6 is 0 Å². The van der Waals surface area contributed by atoms with Gasteiger partial charge in [-0.05, 0) is 51.3 Å². The lowest BCUT2D eigenvalue weighted by Gasteiger charge is -2.19. The molecule has 0 atom stereocenters. The van der Waals surface area contributed by atoms with E-state index in [2.05, 4.69) is 15.0 Å². The van der Waals surface area contributed by atoms with Crippen molar-refractivity contribution in [3.05, 3.63) is 22.3 Å². The highest BCUT2D eigenvalue weighted by Gasteiger charge is 2.36. The number of hydrogen-bond donors (Lipinski definition) is 3. The summed E-state index contributed by atoms with van der Waals surface area (Å²) in [6.07, 6.45) is 0.644. The third-order valence-electron chi connectivity index (χ3n) is 4.00. The summed E-state index contributed by atoms with van der Waals surface area (Å²) in [5, 5.41) is 7.55. The third-order valence-corrected chi connectivity index (χ3v) is 5.62. The van der Waals surface area contributed by atoms with E-state index in [1.54, 1.807) is 13.8 Å². The van der Waals surface area contributed by atoms with E-state index in [1.165, 1.54) is 7.11 Å². The molecule has 0 spiro atoms. The molecule has 128 valence electrons. The molecule has 1 aromatic rings. The first-order valence-electron chi connectivity index (χ1n) is 7.22. The second kappa shape index (κ2) is 5.68. The molecule has 0 saturated carbocycles.